The highest BCUT2D eigenvalue weighted by Crippen LogP contribution is 2.12. The Morgan fingerprint density at radius 1 is 1.33 bits per heavy atom. The summed E-state index contributed by atoms with van der Waals surface area (Å²) < 4.78 is 22.1. The van der Waals surface area contributed by atoms with Gasteiger partial charge in [-0.1, -0.05) is 6.92 Å². The van der Waals surface area contributed by atoms with Crippen LogP contribution in [0.2, 0.25) is 0 Å². The van der Waals surface area contributed by atoms with Crippen LogP contribution in [-0.4, -0.2) is 20.9 Å². The van der Waals surface area contributed by atoms with E-state index in [0.29, 0.717) is 18.2 Å². The van der Waals surface area contributed by atoms with Gasteiger partial charge in [-0.15, -0.1) is 0 Å². The van der Waals surface area contributed by atoms with Crippen molar-refractivity contribution >= 4 is 21.7 Å². The molecule has 100 valence electrons. The molecule has 0 fully saturated rings. The number of anilines is 1. The molecule has 0 aromatic heterocycles. The normalized spacial score (nSPS) is 12.3. The summed E-state index contributed by atoms with van der Waals surface area (Å²) in [5.41, 5.74) is 3.09. The number of hydrazine groups is 1. The predicted octanol–water partition coefficient (Wildman–Crippen LogP) is -0.0248. The second-order valence-electron chi connectivity index (χ2n) is 3.57. The minimum Gasteiger partial charge on any atom is -0.325 e. The van der Waals surface area contributed by atoms with E-state index in [1.165, 1.54) is 12.1 Å². The second kappa shape index (κ2) is 6.34. The second-order valence-corrected chi connectivity index (χ2v) is 5.13. The topological polar surface area (TPSA) is 123 Å². The number of primary sulfonamides is 1. The van der Waals surface area contributed by atoms with Gasteiger partial charge < -0.3 is 5.32 Å². The van der Waals surface area contributed by atoms with Crippen LogP contribution in [0.4, 0.5) is 5.69 Å². The van der Waals surface area contributed by atoms with E-state index in [1.54, 1.807) is 12.1 Å². The van der Waals surface area contributed by atoms with E-state index in [-0.39, 0.29) is 4.90 Å². The number of nitrogens with one attached hydrogen (secondary N) is 2. The lowest BCUT2D eigenvalue weighted by atomic mass is 10.3. The molecule has 0 radical (unpaired) electrons. The van der Waals surface area contributed by atoms with Gasteiger partial charge in [0.1, 0.15) is 0 Å². The maximum atomic E-state index is 11.1. The monoisotopic (exact) mass is 271 g/mol. The van der Waals surface area contributed by atoms with Crippen molar-refractivity contribution in [3.05, 3.63) is 24.3 Å². The third-order valence-corrected chi connectivity index (χ3v) is 3.01. The summed E-state index contributed by atoms with van der Waals surface area (Å²) in [5, 5.41) is 7.92. The minimum atomic E-state index is -3.67. The molecule has 6 N–H and O–H groups in total. The lowest BCUT2D eigenvalue weighted by Crippen LogP contribution is -2.36. The van der Waals surface area contributed by atoms with Crippen molar-refractivity contribution in [3.8, 4) is 0 Å². The molecule has 0 saturated heterocycles. The van der Waals surface area contributed by atoms with E-state index in [1.807, 2.05) is 6.92 Å². The first-order valence-electron chi connectivity index (χ1n) is 5.38. The smallest absolute Gasteiger partial charge is 0.238 e. The Morgan fingerprint density at radius 3 is 2.39 bits per heavy atom. The maximum Gasteiger partial charge on any atom is 0.238 e. The van der Waals surface area contributed by atoms with Gasteiger partial charge in [0.25, 0.3) is 0 Å². The molecule has 1 rings (SSSR count). The molecule has 0 atom stereocenters. The number of guanidine groups is 1. The summed E-state index contributed by atoms with van der Waals surface area (Å²) >= 11 is 0. The largest absolute Gasteiger partial charge is 0.325 e. The summed E-state index contributed by atoms with van der Waals surface area (Å²) in [6.45, 7) is 2.64. The van der Waals surface area contributed by atoms with Gasteiger partial charge in [0.15, 0.2) is 0 Å². The summed E-state index contributed by atoms with van der Waals surface area (Å²) in [4.78, 5) is 4.21. The Kier molecular flexibility index (Phi) is 5.08. The van der Waals surface area contributed by atoms with Crippen LogP contribution in [-0.2, 0) is 10.0 Å². The van der Waals surface area contributed by atoms with Gasteiger partial charge in [0.2, 0.25) is 16.0 Å². The third-order valence-electron chi connectivity index (χ3n) is 2.08. The quantitative estimate of drug-likeness (QED) is 0.265. The van der Waals surface area contributed by atoms with Crippen LogP contribution in [0.25, 0.3) is 0 Å². The van der Waals surface area contributed by atoms with Gasteiger partial charge in [0.05, 0.1) is 4.90 Å². The molecule has 0 aliphatic rings. The minimum absolute atomic E-state index is 0.0563. The number of benzene rings is 1. The molecule has 18 heavy (non-hydrogen) atoms. The molecule has 8 heteroatoms. The highest BCUT2D eigenvalue weighted by molar-refractivity contribution is 7.89. The highest BCUT2D eigenvalue weighted by Gasteiger charge is 2.06. The Hall–Kier alpha value is -1.64. The number of nitrogens with two attached hydrogens (primary N) is 2. The first-order valence-corrected chi connectivity index (χ1v) is 6.93. The molecule has 0 unspecified atom stereocenters. The predicted molar refractivity (Wildman–Crippen MR) is 71.4 cm³/mol. The van der Waals surface area contributed by atoms with Gasteiger partial charge in [-0.2, -0.15) is 0 Å². The number of hydrogen-bond donors (Lipinski definition) is 4. The number of sulfonamides is 1. The summed E-state index contributed by atoms with van der Waals surface area (Å²) in [7, 11) is -3.67. The highest BCUT2D eigenvalue weighted by atomic mass is 32.2. The van der Waals surface area contributed by atoms with Gasteiger partial charge in [-0.25, -0.2) is 19.4 Å². The fourth-order valence-electron chi connectivity index (χ4n) is 1.21. The molecule has 0 heterocycles. The zero-order valence-corrected chi connectivity index (χ0v) is 10.9. The molecular weight excluding hydrogens is 254 g/mol. The van der Waals surface area contributed by atoms with Crippen molar-refractivity contribution in [1.29, 1.82) is 0 Å². The number of hydrogen-bond acceptors (Lipinski definition) is 4. The van der Waals surface area contributed by atoms with E-state index >= 15 is 0 Å². The molecule has 0 spiro atoms. The average molecular weight is 271 g/mol. The molecule has 0 aliphatic carbocycles. The third kappa shape index (κ3) is 4.32. The van der Waals surface area contributed by atoms with E-state index in [9.17, 15) is 8.42 Å². The standard InChI is InChI=1S/C10H17N5O2S/c1-2-7-13-10(15-11)14-8-3-5-9(6-4-8)18(12,16)17/h3-6H,2,7,11H2,1H3,(H2,12,16,17)(H2,13,14,15). The van der Waals surface area contributed by atoms with Crippen LogP contribution in [0, 0.1) is 0 Å². The Labute approximate surface area is 106 Å². The summed E-state index contributed by atoms with van der Waals surface area (Å²) in [6.07, 6.45) is 0.900. The molecule has 0 bridgehead atoms. The van der Waals surface area contributed by atoms with E-state index < -0.39 is 10.0 Å². The lowest BCUT2D eigenvalue weighted by Gasteiger charge is -2.09. The Bertz CT molecular complexity index is 510. The van der Waals surface area contributed by atoms with Crippen molar-refractivity contribution in [2.24, 2.45) is 16.0 Å². The lowest BCUT2D eigenvalue weighted by molar-refractivity contribution is 0.598. The number of aliphatic imine (C=N–C) groups is 1. The number of nitrogens with zero attached hydrogens (tertiary/aromatic N) is 1. The molecule has 0 aliphatic heterocycles. The van der Waals surface area contributed by atoms with Gasteiger partial charge in [-0.05, 0) is 30.7 Å². The van der Waals surface area contributed by atoms with Crippen molar-refractivity contribution in [2.45, 2.75) is 18.2 Å². The van der Waals surface area contributed by atoms with Crippen LogP contribution < -0.4 is 21.7 Å². The fourth-order valence-corrected chi connectivity index (χ4v) is 1.72. The maximum absolute atomic E-state index is 11.1. The first-order chi connectivity index (χ1) is 8.47. The molecule has 0 amide bonds. The SMILES string of the molecule is CCCN=C(NN)Nc1ccc(S(N)(=O)=O)cc1. The van der Waals surface area contributed by atoms with Crippen LogP contribution in [0.3, 0.4) is 0 Å². The van der Waals surface area contributed by atoms with Crippen molar-refractivity contribution in [3.63, 3.8) is 0 Å². The van der Waals surface area contributed by atoms with Gasteiger partial charge in [0, 0.05) is 12.2 Å². The Morgan fingerprint density at radius 2 is 1.94 bits per heavy atom. The molecular formula is C10H17N5O2S. The van der Waals surface area contributed by atoms with E-state index in [0.717, 1.165) is 6.42 Å². The average Bonchev–Trinajstić information content (AvgIpc) is 2.34. The van der Waals surface area contributed by atoms with Crippen LogP contribution >= 0.6 is 0 Å². The van der Waals surface area contributed by atoms with Crippen molar-refractivity contribution in [2.75, 3.05) is 11.9 Å². The molecule has 7 nitrogen and oxygen atoms in total. The van der Waals surface area contributed by atoms with Gasteiger partial charge >= 0.3 is 0 Å². The van der Waals surface area contributed by atoms with Crippen molar-refractivity contribution < 1.29 is 8.42 Å². The number of rotatable bonds is 4. The first kappa shape index (κ1) is 14.4. The Balaban J connectivity index is 2.80. The molecule has 1 aromatic rings. The van der Waals surface area contributed by atoms with Crippen LogP contribution in [0.5, 0.6) is 0 Å². The molecule has 1 aromatic carbocycles. The zero-order valence-electron chi connectivity index (χ0n) is 10.1. The van der Waals surface area contributed by atoms with Crippen molar-refractivity contribution in [1.82, 2.24) is 5.43 Å². The van der Waals surface area contributed by atoms with E-state index in [2.05, 4.69) is 15.7 Å². The van der Waals surface area contributed by atoms with Gasteiger partial charge in [-0.3, -0.25) is 10.4 Å². The molecule has 0 saturated carbocycles. The fraction of sp³-hybridized carbons (Fsp3) is 0.300. The van der Waals surface area contributed by atoms with E-state index in [4.69, 9.17) is 11.0 Å². The zero-order chi connectivity index (χ0) is 13.6. The van der Waals surface area contributed by atoms with Crippen LogP contribution in [0.1, 0.15) is 13.3 Å². The van der Waals surface area contributed by atoms with Crippen LogP contribution in [0.15, 0.2) is 34.2 Å². The summed E-state index contributed by atoms with van der Waals surface area (Å²) in [5.74, 6) is 5.72. The summed E-state index contributed by atoms with van der Waals surface area (Å²) in [6, 6.07) is 5.98.